The fraction of sp³-hybridized carbons (Fsp3) is 0.333. The van der Waals surface area contributed by atoms with Crippen molar-refractivity contribution < 1.29 is 9.90 Å². The lowest BCUT2D eigenvalue weighted by Crippen LogP contribution is -2.39. The number of benzene rings is 2. The Labute approximate surface area is 177 Å². The summed E-state index contributed by atoms with van der Waals surface area (Å²) in [6, 6.07) is 20.4. The molecule has 1 aromatic heterocycles. The third kappa shape index (κ3) is 4.61. The molecule has 30 heavy (non-hydrogen) atoms. The second-order valence-electron chi connectivity index (χ2n) is 7.60. The van der Waals surface area contributed by atoms with E-state index in [0.717, 1.165) is 43.9 Å². The predicted octanol–water partition coefficient (Wildman–Crippen LogP) is 2.64. The van der Waals surface area contributed by atoms with Crippen LogP contribution in [-0.2, 0) is 13.0 Å². The summed E-state index contributed by atoms with van der Waals surface area (Å²) in [4.78, 5) is 19.8. The van der Waals surface area contributed by atoms with Crippen LogP contribution < -0.4 is 5.32 Å². The Hall–Kier alpha value is -2.96. The van der Waals surface area contributed by atoms with Crippen LogP contribution in [0.4, 0.5) is 0 Å². The Morgan fingerprint density at radius 3 is 2.53 bits per heavy atom. The summed E-state index contributed by atoms with van der Waals surface area (Å²) < 4.78 is 2.10. The number of amides is 1. The number of carbonyl (C=O) groups excluding carboxylic acids is 1. The lowest BCUT2D eigenvalue weighted by molar-refractivity contribution is 0.0949. The highest BCUT2D eigenvalue weighted by Gasteiger charge is 2.31. The lowest BCUT2D eigenvalue weighted by Gasteiger charge is -2.36. The molecule has 156 valence electrons. The highest BCUT2D eigenvalue weighted by Crippen LogP contribution is 2.31. The molecule has 3 aromatic rings. The van der Waals surface area contributed by atoms with E-state index in [1.54, 1.807) is 0 Å². The first-order valence-corrected chi connectivity index (χ1v) is 10.6. The molecule has 0 spiro atoms. The number of hydrogen-bond donors (Lipinski definition) is 2. The van der Waals surface area contributed by atoms with Crippen molar-refractivity contribution in [1.29, 1.82) is 0 Å². The van der Waals surface area contributed by atoms with Crippen LogP contribution in [0, 0.1) is 0 Å². The zero-order valence-corrected chi connectivity index (χ0v) is 17.1. The number of rotatable bonds is 8. The topological polar surface area (TPSA) is 70.4 Å². The second kappa shape index (κ2) is 9.69. The van der Waals surface area contributed by atoms with Gasteiger partial charge in [0.15, 0.2) is 0 Å². The summed E-state index contributed by atoms with van der Waals surface area (Å²) in [5.74, 6) is 0.750. The van der Waals surface area contributed by atoms with E-state index in [-0.39, 0.29) is 18.6 Å². The van der Waals surface area contributed by atoms with E-state index in [2.05, 4.69) is 39.0 Å². The number of imidazole rings is 1. The van der Waals surface area contributed by atoms with Crippen LogP contribution in [0.15, 0.2) is 66.9 Å². The summed E-state index contributed by atoms with van der Waals surface area (Å²) in [5.41, 5.74) is 2.81. The van der Waals surface area contributed by atoms with E-state index in [0.29, 0.717) is 12.2 Å². The fourth-order valence-corrected chi connectivity index (χ4v) is 4.03. The van der Waals surface area contributed by atoms with Gasteiger partial charge in [0, 0.05) is 39.0 Å². The molecule has 0 bridgehead atoms. The summed E-state index contributed by atoms with van der Waals surface area (Å²) in [6.07, 6.45) is 3.38. The van der Waals surface area contributed by atoms with Gasteiger partial charge in [0.05, 0.1) is 6.04 Å². The first-order chi connectivity index (χ1) is 14.8. The van der Waals surface area contributed by atoms with E-state index in [1.165, 1.54) is 5.56 Å². The van der Waals surface area contributed by atoms with Crippen molar-refractivity contribution in [3.05, 3.63) is 89.5 Å². The molecule has 0 saturated carbocycles. The summed E-state index contributed by atoms with van der Waals surface area (Å²) in [6.45, 7) is 3.19. The van der Waals surface area contributed by atoms with Crippen LogP contribution in [0.5, 0.6) is 0 Å². The molecule has 1 atom stereocenters. The molecule has 6 heteroatoms. The van der Waals surface area contributed by atoms with Crippen molar-refractivity contribution in [3.8, 4) is 0 Å². The van der Waals surface area contributed by atoms with E-state index < -0.39 is 0 Å². The number of aromatic nitrogens is 2. The van der Waals surface area contributed by atoms with Gasteiger partial charge in [-0.2, -0.15) is 0 Å². The fourth-order valence-electron chi connectivity index (χ4n) is 4.03. The van der Waals surface area contributed by atoms with Gasteiger partial charge in [-0.1, -0.05) is 60.7 Å². The normalized spacial score (nSPS) is 16.2. The van der Waals surface area contributed by atoms with E-state index >= 15 is 0 Å². The molecule has 4 rings (SSSR count). The van der Waals surface area contributed by atoms with Crippen molar-refractivity contribution >= 4 is 5.91 Å². The Morgan fingerprint density at radius 1 is 1.07 bits per heavy atom. The van der Waals surface area contributed by atoms with Crippen molar-refractivity contribution in [3.63, 3.8) is 0 Å². The lowest BCUT2D eigenvalue weighted by atomic mass is 10.0. The van der Waals surface area contributed by atoms with E-state index in [4.69, 9.17) is 4.98 Å². The van der Waals surface area contributed by atoms with Gasteiger partial charge in [-0.25, -0.2) is 4.98 Å². The number of aliphatic hydroxyl groups excluding tert-OH is 1. The van der Waals surface area contributed by atoms with Crippen molar-refractivity contribution in [2.24, 2.45) is 0 Å². The van der Waals surface area contributed by atoms with Gasteiger partial charge in [-0.05, 0) is 24.0 Å². The van der Waals surface area contributed by atoms with Crippen molar-refractivity contribution in [2.45, 2.75) is 25.4 Å². The van der Waals surface area contributed by atoms with Gasteiger partial charge in [-0.15, -0.1) is 0 Å². The number of nitrogens with one attached hydrogen (secondary N) is 1. The van der Waals surface area contributed by atoms with E-state index in [1.807, 2.05) is 42.6 Å². The summed E-state index contributed by atoms with van der Waals surface area (Å²) in [5, 5.41) is 12.3. The maximum absolute atomic E-state index is 12.7. The van der Waals surface area contributed by atoms with Gasteiger partial charge >= 0.3 is 0 Å². The zero-order chi connectivity index (χ0) is 20.8. The average Bonchev–Trinajstić information content (AvgIpc) is 3.23. The minimum absolute atomic E-state index is 0.0163. The molecule has 1 amide bonds. The minimum Gasteiger partial charge on any atom is -0.396 e. The van der Waals surface area contributed by atoms with Gasteiger partial charge in [-0.3, -0.25) is 9.69 Å². The van der Waals surface area contributed by atoms with E-state index in [9.17, 15) is 9.90 Å². The smallest absolute Gasteiger partial charge is 0.271 e. The number of fused-ring (bicyclic) bond motifs is 1. The Morgan fingerprint density at radius 2 is 1.80 bits per heavy atom. The highest BCUT2D eigenvalue weighted by atomic mass is 16.3. The summed E-state index contributed by atoms with van der Waals surface area (Å²) in [7, 11) is 0. The second-order valence-corrected chi connectivity index (χ2v) is 7.60. The summed E-state index contributed by atoms with van der Waals surface area (Å²) >= 11 is 0. The number of hydrogen-bond acceptors (Lipinski definition) is 4. The molecule has 0 fully saturated rings. The van der Waals surface area contributed by atoms with Gasteiger partial charge in [0.1, 0.15) is 11.5 Å². The van der Waals surface area contributed by atoms with Gasteiger partial charge in [0.2, 0.25) is 0 Å². The molecule has 2 N–H and O–H groups in total. The van der Waals surface area contributed by atoms with Crippen molar-refractivity contribution in [1.82, 2.24) is 19.8 Å². The molecule has 2 heterocycles. The standard InChI is InChI=1S/C24H28N4O2/c29-17-7-14-27-15-16-28-18-21(24(30)25-13-12-19-8-3-1-4-9-19)26-23(28)22(27)20-10-5-2-6-11-20/h1-6,8-11,18,22,29H,7,12-17H2,(H,25,30). The van der Waals surface area contributed by atoms with Gasteiger partial charge < -0.3 is 15.0 Å². The number of aliphatic hydroxyl groups is 1. The Balaban J connectivity index is 1.50. The van der Waals surface area contributed by atoms with Gasteiger partial charge in [0.25, 0.3) is 5.91 Å². The molecule has 0 radical (unpaired) electrons. The third-order valence-electron chi connectivity index (χ3n) is 5.54. The molecule has 6 nitrogen and oxygen atoms in total. The Kier molecular flexibility index (Phi) is 6.57. The quantitative estimate of drug-likeness (QED) is 0.606. The third-order valence-corrected chi connectivity index (χ3v) is 5.54. The molecular weight excluding hydrogens is 376 g/mol. The SMILES string of the molecule is O=C(NCCc1ccccc1)c1cn2c(n1)C(c1ccccc1)N(CCCO)CC2. The number of carbonyl (C=O) groups is 1. The maximum Gasteiger partial charge on any atom is 0.271 e. The molecule has 0 saturated heterocycles. The first-order valence-electron chi connectivity index (χ1n) is 10.6. The van der Waals surface area contributed by atoms with Crippen LogP contribution >= 0.6 is 0 Å². The van der Waals surface area contributed by atoms with Crippen LogP contribution in [0.1, 0.15) is 39.9 Å². The van der Waals surface area contributed by atoms with Crippen LogP contribution in [0.2, 0.25) is 0 Å². The van der Waals surface area contributed by atoms with Crippen LogP contribution in [0.25, 0.3) is 0 Å². The monoisotopic (exact) mass is 404 g/mol. The Bertz CT molecular complexity index is 956. The van der Waals surface area contributed by atoms with Crippen LogP contribution in [0.3, 0.4) is 0 Å². The minimum atomic E-state index is -0.137. The van der Waals surface area contributed by atoms with Crippen molar-refractivity contribution in [2.75, 3.05) is 26.2 Å². The molecular formula is C24H28N4O2. The molecule has 1 aliphatic heterocycles. The molecule has 0 aliphatic carbocycles. The number of nitrogens with zero attached hydrogens (tertiary/aromatic N) is 3. The average molecular weight is 405 g/mol. The molecule has 2 aromatic carbocycles. The maximum atomic E-state index is 12.7. The molecule has 1 unspecified atom stereocenters. The largest absolute Gasteiger partial charge is 0.396 e. The van der Waals surface area contributed by atoms with Crippen LogP contribution in [-0.4, -0.2) is 51.7 Å². The molecule has 1 aliphatic rings. The first kappa shape index (κ1) is 20.3. The predicted molar refractivity (Wildman–Crippen MR) is 116 cm³/mol. The highest BCUT2D eigenvalue weighted by molar-refractivity contribution is 5.92. The zero-order valence-electron chi connectivity index (χ0n) is 17.1.